The summed E-state index contributed by atoms with van der Waals surface area (Å²) in [5.74, 6) is 0.118. The van der Waals surface area contributed by atoms with Crippen LogP contribution in [0.25, 0.3) is 22.2 Å². The molecule has 3 heterocycles. The van der Waals surface area contributed by atoms with Gasteiger partial charge in [0.15, 0.2) is 0 Å². The van der Waals surface area contributed by atoms with Gasteiger partial charge in [0, 0.05) is 43.5 Å². The molecule has 0 spiro atoms. The van der Waals surface area contributed by atoms with E-state index in [-0.39, 0.29) is 5.91 Å². The van der Waals surface area contributed by atoms with E-state index in [2.05, 4.69) is 9.97 Å². The van der Waals surface area contributed by atoms with Gasteiger partial charge in [-0.15, -0.1) is 0 Å². The van der Waals surface area contributed by atoms with Crippen molar-refractivity contribution in [2.45, 2.75) is 0 Å². The average Bonchev–Trinajstić information content (AvgIpc) is 3.01. The van der Waals surface area contributed by atoms with Gasteiger partial charge in [-0.2, -0.15) is 0 Å². The van der Waals surface area contributed by atoms with E-state index in [9.17, 15) is 4.79 Å². The molecule has 0 aliphatic carbocycles. The Morgan fingerprint density at radius 1 is 1.25 bits per heavy atom. The fourth-order valence-electron chi connectivity index (χ4n) is 3.17. The molecule has 6 heteroatoms. The minimum Gasteiger partial charge on any atom is -0.397 e. The molecule has 0 saturated carbocycles. The number of carbonyl (C=O) groups is 1. The van der Waals surface area contributed by atoms with Crippen LogP contribution < -0.4 is 10.6 Å². The number of piperazine rings is 1. The fraction of sp³-hybridized carbons (Fsp3) is 0.222. The largest absolute Gasteiger partial charge is 0.397 e. The molecule has 1 aliphatic heterocycles. The summed E-state index contributed by atoms with van der Waals surface area (Å²) in [6, 6.07) is 9.97. The van der Waals surface area contributed by atoms with Gasteiger partial charge in [0.25, 0.3) is 0 Å². The van der Waals surface area contributed by atoms with Gasteiger partial charge in [-0.05, 0) is 29.8 Å². The van der Waals surface area contributed by atoms with E-state index in [1.807, 2.05) is 48.5 Å². The van der Waals surface area contributed by atoms with Crippen LogP contribution in [0.3, 0.4) is 0 Å². The zero-order valence-corrected chi connectivity index (χ0v) is 13.5. The fourth-order valence-corrected chi connectivity index (χ4v) is 3.17. The number of nitrogens with zero attached hydrogens (tertiary/aromatic N) is 3. The van der Waals surface area contributed by atoms with Crippen LogP contribution in [0.4, 0.5) is 11.4 Å². The molecule has 0 atom stereocenters. The Hall–Kier alpha value is -3.02. The van der Waals surface area contributed by atoms with Gasteiger partial charge in [0.1, 0.15) is 5.65 Å². The van der Waals surface area contributed by atoms with Gasteiger partial charge < -0.3 is 20.5 Å². The minimum atomic E-state index is 0.118. The number of benzene rings is 1. The zero-order chi connectivity index (χ0) is 16.7. The van der Waals surface area contributed by atoms with Crippen molar-refractivity contribution < 1.29 is 4.79 Å². The van der Waals surface area contributed by atoms with Gasteiger partial charge in [0.2, 0.25) is 5.91 Å². The molecule has 0 unspecified atom stereocenters. The highest BCUT2D eigenvalue weighted by molar-refractivity contribution is 5.95. The molecule has 1 saturated heterocycles. The van der Waals surface area contributed by atoms with Crippen molar-refractivity contribution in [1.29, 1.82) is 0 Å². The second-order valence-corrected chi connectivity index (χ2v) is 6.11. The molecule has 3 aromatic rings. The summed E-state index contributed by atoms with van der Waals surface area (Å²) in [4.78, 5) is 23.2. The average molecular weight is 321 g/mol. The van der Waals surface area contributed by atoms with Gasteiger partial charge in [-0.3, -0.25) is 4.79 Å². The van der Waals surface area contributed by atoms with E-state index in [1.54, 1.807) is 11.1 Å². The van der Waals surface area contributed by atoms with Crippen LogP contribution in [0.1, 0.15) is 0 Å². The smallest absolute Gasteiger partial charge is 0.241 e. The van der Waals surface area contributed by atoms with Gasteiger partial charge in [-0.1, -0.05) is 6.07 Å². The zero-order valence-electron chi connectivity index (χ0n) is 13.5. The predicted octanol–water partition coefficient (Wildman–Crippen LogP) is 2.09. The lowest BCUT2D eigenvalue weighted by Gasteiger charge is -2.34. The molecular weight excluding hydrogens is 302 g/mol. The summed E-state index contributed by atoms with van der Waals surface area (Å²) < 4.78 is 0. The Labute approximate surface area is 139 Å². The van der Waals surface area contributed by atoms with E-state index in [4.69, 9.17) is 5.73 Å². The van der Waals surface area contributed by atoms with Crippen molar-refractivity contribution in [2.24, 2.45) is 0 Å². The number of H-pyrrole nitrogens is 1. The number of pyridine rings is 1. The molecular formula is C18H19N5O. The number of aromatic nitrogens is 2. The number of amides is 1. The molecule has 1 amide bonds. The molecule has 6 nitrogen and oxygen atoms in total. The van der Waals surface area contributed by atoms with Crippen molar-refractivity contribution in [2.75, 3.05) is 37.3 Å². The first-order chi connectivity index (χ1) is 11.6. The topological polar surface area (TPSA) is 78.2 Å². The van der Waals surface area contributed by atoms with Crippen LogP contribution in [-0.4, -0.2) is 47.5 Å². The van der Waals surface area contributed by atoms with Crippen LogP contribution in [0, 0.1) is 0 Å². The summed E-state index contributed by atoms with van der Waals surface area (Å²) in [6.07, 6.45) is 3.72. The molecule has 0 radical (unpaired) electrons. The molecule has 1 aliphatic rings. The number of hydrogen-bond acceptors (Lipinski definition) is 4. The summed E-state index contributed by atoms with van der Waals surface area (Å²) in [5, 5.41) is 1.07. The lowest BCUT2D eigenvalue weighted by Crippen LogP contribution is -2.48. The van der Waals surface area contributed by atoms with Crippen LogP contribution in [0.15, 0.2) is 42.7 Å². The van der Waals surface area contributed by atoms with E-state index >= 15 is 0 Å². The van der Waals surface area contributed by atoms with Crippen molar-refractivity contribution in [3.8, 4) is 11.1 Å². The van der Waals surface area contributed by atoms with Crippen LogP contribution >= 0.6 is 0 Å². The van der Waals surface area contributed by atoms with Gasteiger partial charge in [-0.25, -0.2) is 4.98 Å². The Morgan fingerprint density at radius 3 is 2.92 bits per heavy atom. The third kappa shape index (κ3) is 2.36. The first-order valence-electron chi connectivity index (χ1n) is 7.94. The highest BCUT2D eigenvalue weighted by Crippen LogP contribution is 2.33. The summed E-state index contributed by atoms with van der Waals surface area (Å²) in [7, 11) is 1.83. The highest BCUT2D eigenvalue weighted by Gasteiger charge is 2.22. The Kier molecular flexibility index (Phi) is 3.37. The Morgan fingerprint density at radius 2 is 2.12 bits per heavy atom. The molecule has 2 aromatic heterocycles. The van der Waals surface area contributed by atoms with E-state index in [0.717, 1.165) is 34.4 Å². The van der Waals surface area contributed by atoms with Crippen molar-refractivity contribution in [3.05, 3.63) is 42.7 Å². The molecule has 24 heavy (non-hydrogen) atoms. The number of hydrogen-bond donors (Lipinski definition) is 2. The highest BCUT2D eigenvalue weighted by atomic mass is 16.2. The Bertz CT molecular complexity index is 917. The summed E-state index contributed by atoms with van der Waals surface area (Å²) in [5.41, 5.74) is 10.9. The second-order valence-electron chi connectivity index (χ2n) is 6.11. The van der Waals surface area contributed by atoms with E-state index in [1.165, 1.54) is 0 Å². The number of aromatic amines is 1. The quantitative estimate of drug-likeness (QED) is 0.709. The molecule has 0 bridgehead atoms. The predicted molar refractivity (Wildman–Crippen MR) is 95.8 cm³/mol. The maximum absolute atomic E-state index is 11.9. The maximum atomic E-state index is 11.9. The number of nitrogens with two attached hydrogens (primary N) is 1. The van der Waals surface area contributed by atoms with Gasteiger partial charge >= 0.3 is 0 Å². The van der Waals surface area contributed by atoms with E-state index < -0.39 is 0 Å². The van der Waals surface area contributed by atoms with Crippen molar-refractivity contribution in [1.82, 2.24) is 14.9 Å². The molecule has 4 rings (SSSR count). The molecule has 1 fully saturated rings. The van der Waals surface area contributed by atoms with Crippen molar-refractivity contribution in [3.63, 3.8) is 0 Å². The first-order valence-corrected chi connectivity index (χ1v) is 7.94. The summed E-state index contributed by atoms with van der Waals surface area (Å²) >= 11 is 0. The molecule has 1 aromatic carbocycles. The van der Waals surface area contributed by atoms with Crippen LogP contribution in [0.2, 0.25) is 0 Å². The monoisotopic (exact) mass is 321 g/mol. The third-order valence-corrected chi connectivity index (χ3v) is 4.59. The van der Waals surface area contributed by atoms with Crippen LogP contribution in [0.5, 0.6) is 0 Å². The number of likely N-dealkylation sites (N-methyl/N-ethyl adjacent to an activating group) is 1. The molecule has 3 N–H and O–H groups in total. The normalized spacial score (nSPS) is 15.3. The lowest BCUT2D eigenvalue weighted by atomic mass is 10.0. The third-order valence-electron chi connectivity index (χ3n) is 4.59. The van der Waals surface area contributed by atoms with E-state index in [0.29, 0.717) is 18.8 Å². The number of carbonyl (C=O) groups excluding carboxylic acids is 1. The van der Waals surface area contributed by atoms with Crippen LogP contribution in [-0.2, 0) is 4.79 Å². The number of rotatable bonds is 2. The lowest BCUT2D eigenvalue weighted by molar-refractivity contribution is -0.129. The SMILES string of the molecule is CN1CCN(c2ccc(-c3c[nH]c4ncccc34)cc2N)CC1=O. The number of anilines is 2. The molecule has 122 valence electrons. The first kappa shape index (κ1) is 14.6. The number of fused-ring (bicyclic) bond motifs is 1. The van der Waals surface area contributed by atoms with Gasteiger partial charge in [0.05, 0.1) is 17.9 Å². The maximum Gasteiger partial charge on any atom is 0.241 e. The second kappa shape index (κ2) is 5.56. The van der Waals surface area contributed by atoms with Crippen molar-refractivity contribution >= 4 is 28.3 Å². The number of nitrogen functional groups attached to an aromatic ring is 1. The Balaban J connectivity index is 1.68. The number of nitrogens with one attached hydrogen (secondary N) is 1. The minimum absolute atomic E-state index is 0.118. The standard InChI is InChI=1S/C18H19N5O/c1-22-7-8-23(11-17(22)24)16-5-4-12(9-15(16)19)14-10-21-18-13(14)3-2-6-20-18/h2-6,9-10H,7-8,11,19H2,1H3,(H,20,21). The summed E-state index contributed by atoms with van der Waals surface area (Å²) in [6.45, 7) is 1.88.